The van der Waals surface area contributed by atoms with Crippen LogP contribution in [0.4, 0.5) is 17.5 Å². The fourth-order valence-corrected chi connectivity index (χ4v) is 2.96. The molecule has 2 aromatic carbocycles. The molecule has 0 bridgehead atoms. The maximum Gasteiger partial charge on any atom is 0.227 e. The molecule has 1 N–H and O–H groups in total. The first-order valence-electron chi connectivity index (χ1n) is 9.25. The van der Waals surface area contributed by atoms with Gasteiger partial charge in [-0.1, -0.05) is 36.4 Å². The smallest absolute Gasteiger partial charge is 0.227 e. The second kappa shape index (κ2) is 8.54. The molecule has 0 aliphatic heterocycles. The molecular formula is C22H26N4O. The highest BCUT2D eigenvalue weighted by molar-refractivity contribution is 5.70. The Kier molecular flexibility index (Phi) is 5.91. The van der Waals surface area contributed by atoms with Gasteiger partial charge in [0.15, 0.2) is 0 Å². The molecule has 0 fully saturated rings. The summed E-state index contributed by atoms with van der Waals surface area (Å²) in [5, 5.41) is 3.42. The zero-order chi connectivity index (χ0) is 19.2. The number of aryl methyl sites for hydroxylation is 1. The predicted octanol–water partition coefficient (Wildman–Crippen LogP) is 5.05. The molecule has 0 aliphatic carbocycles. The Morgan fingerprint density at radius 3 is 2.37 bits per heavy atom. The van der Waals surface area contributed by atoms with Crippen molar-refractivity contribution in [3.63, 3.8) is 0 Å². The maximum absolute atomic E-state index is 5.49. The zero-order valence-electron chi connectivity index (χ0n) is 16.4. The molecule has 0 unspecified atom stereocenters. The first kappa shape index (κ1) is 18.7. The first-order chi connectivity index (χ1) is 13.1. The van der Waals surface area contributed by atoms with E-state index in [2.05, 4.69) is 49.2 Å². The van der Waals surface area contributed by atoms with Crippen LogP contribution in [-0.4, -0.2) is 30.2 Å². The van der Waals surface area contributed by atoms with Gasteiger partial charge in [0.25, 0.3) is 0 Å². The number of rotatable bonds is 7. The summed E-state index contributed by atoms with van der Waals surface area (Å²) in [4.78, 5) is 11.7. The quantitative estimate of drug-likeness (QED) is 0.637. The van der Waals surface area contributed by atoms with Crippen LogP contribution in [0.5, 0.6) is 5.75 Å². The molecule has 0 spiro atoms. The van der Waals surface area contributed by atoms with Crippen molar-refractivity contribution >= 4 is 17.5 Å². The molecule has 140 valence electrons. The molecule has 3 aromatic rings. The van der Waals surface area contributed by atoms with Crippen LogP contribution in [0, 0.1) is 6.92 Å². The summed E-state index contributed by atoms with van der Waals surface area (Å²) in [6, 6.07) is 18.2. The molecule has 3 rings (SSSR count). The topological polar surface area (TPSA) is 50.3 Å². The van der Waals surface area contributed by atoms with E-state index in [0.717, 1.165) is 53.1 Å². The third-order valence-corrected chi connectivity index (χ3v) is 4.45. The van der Waals surface area contributed by atoms with Crippen LogP contribution in [0.15, 0.2) is 54.6 Å². The van der Waals surface area contributed by atoms with Gasteiger partial charge in [0.2, 0.25) is 5.95 Å². The van der Waals surface area contributed by atoms with Gasteiger partial charge in [0.05, 0.1) is 18.5 Å². The SMILES string of the molecule is CCN(CC)c1nc(Nc2cc(C)ccc2OC)cc(-c2ccccc2)n1. The number of anilines is 3. The number of nitrogens with one attached hydrogen (secondary N) is 1. The molecule has 0 atom stereocenters. The Labute approximate surface area is 161 Å². The van der Waals surface area contributed by atoms with Crippen molar-refractivity contribution in [3.05, 3.63) is 60.2 Å². The summed E-state index contributed by atoms with van der Waals surface area (Å²) in [5.41, 5.74) is 3.99. The average molecular weight is 362 g/mol. The molecule has 27 heavy (non-hydrogen) atoms. The number of ether oxygens (including phenoxy) is 1. The fourth-order valence-electron chi connectivity index (χ4n) is 2.96. The molecule has 1 heterocycles. The maximum atomic E-state index is 5.49. The summed E-state index contributed by atoms with van der Waals surface area (Å²) in [7, 11) is 1.67. The second-order valence-electron chi connectivity index (χ2n) is 6.31. The van der Waals surface area contributed by atoms with Crippen molar-refractivity contribution in [2.75, 3.05) is 30.4 Å². The van der Waals surface area contributed by atoms with E-state index in [-0.39, 0.29) is 0 Å². The zero-order valence-corrected chi connectivity index (χ0v) is 16.4. The van der Waals surface area contributed by atoms with Crippen molar-refractivity contribution in [2.45, 2.75) is 20.8 Å². The van der Waals surface area contributed by atoms with Gasteiger partial charge in [-0.3, -0.25) is 0 Å². The largest absolute Gasteiger partial charge is 0.495 e. The van der Waals surface area contributed by atoms with Crippen LogP contribution in [0.2, 0.25) is 0 Å². The minimum atomic E-state index is 0.718. The van der Waals surface area contributed by atoms with Gasteiger partial charge < -0.3 is 15.0 Å². The van der Waals surface area contributed by atoms with Gasteiger partial charge in [0.1, 0.15) is 11.6 Å². The summed E-state index contributed by atoms with van der Waals surface area (Å²) >= 11 is 0. The standard InChI is InChI=1S/C22H26N4O/c1-5-26(6-2)22-24-18(17-10-8-7-9-11-17)15-21(25-22)23-19-14-16(3)12-13-20(19)27-4/h7-15H,5-6H2,1-4H3,(H,23,24,25). The Hall–Kier alpha value is -3.08. The number of benzene rings is 2. The van der Waals surface area contributed by atoms with Crippen LogP contribution in [0.1, 0.15) is 19.4 Å². The lowest BCUT2D eigenvalue weighted by molar-refractivity contribution is 0.416. The summed E-state index contributed by atoms with van der Waals surface area (Å²) in [5.74, 6) is 2.25. The lowest BCUT2D eigenvalue weighted by Gasteiger charge is -2.20. The first-order valence-corrected chi connectivity index (χ1v) is 9.25. The fraction of sp³-hybridized carbons (Fsp3) is 0.273. The highest BCUT2D eigenvalue weighted by Gasteiger charge is 2.12. The van der Waals surface area contributed by atoms with E-state index >= 15 is 0 Å². The number of aromatic nitrogens is 2. The van der Waals surface area contributed by atoms with E-state index < -0.39 is 0 Å². The van der Waals surface area contributed by atoms with E-state index in [1.54, 1.807) is 7.11 Å². The molecule has 0 saturated carbocycles. The van der Waals surface area contributed by atoms with Crippen LogP contribution < -0.4 is 15.0 Å². The van der Waals surface area contributed by atoms with E-state index in [4.69, 9.17) is 14.7 Å². The van der Waals surface area contributed by atoms with Crippen molar-refractivity contribution in [1.29, 1.82) is 0 Å². The van der Waals surface area contributed by atoms with Gasteiger partial charge in [-0.05, 0) is 38.5 Å². The number of methoxy groups -OCH3 is 1. The number of hydrogen-bond acceptors (Lipinski definition) is 5. The highest BCUT2D eigenvalue weighted by Crippen LogP contribution is 2.30. The molecule has 5 heteroatoms. The van der Waals surface area contributed by atoms with Crippen LogP contribution in [0.3, 0.4) is 0 Å². The summed E-state index contributed by atoms with van der Waals surface area (Å²) in [6.07, 6.45) is 0. The van der Waals surface area contributed by atoms with E-state index in [1.165, 1.54) is 0 Å². The van der Waals surface area contributed by atoms with Crippen LogP contribution in [0.25, 0.3) is 11.3 Å². The lowest BCUT2D eigenvalue weighted by Crippen LogP contribution is -2.24. The third-order valence-electron chi connectivity index (χ3n) is 4.45. The normalized spacial score (nSPS) is 10.5. The van der Waals surface area contributed by atoms with Crippen molar-refractivity contribution in [2.24, 2.45) is 0 Å². The van der Waals surface area contributed by atoms with Gasteiger partial charge in [-0.15, -0.1) is 0 Å². The number of nitrogens with zero attached hydrogens (tertiary/aromatic N) is 3. The molecule has 0 radical (unpaired) electrons. The summed E-state index contributed by atoms with van der Waals surface area (Å²) < 4.78 is 5.49. The third kappa shape index (κ3) is 4.37. The van der Waals surface area contributed by atoms with Crippen molar-refractivity contribution in [3.8, 4) is 17.0 Å². The Morgan fingerprint density at radius 1 is 0.963 bits per heavy atom. The molecule has 1 aromatic heterocycles. The van der Waals surface area contributed by atoms with Gasteiger partial charge >= 0.3 is 0 Å². The predicted molar refractivity (Wildman–Crippen MR) is 112 cm³/mol. The van der Waals surface area contributed by atoms with E-state index in [0.29, 0.717) is 0 Å². The average Bonchev–Trinajstić information content (AvgIpc) is 2.70. The Morgan fingerprint density at radius 2 is 1.70 bits per heavy atom. The van der Waals surface area contributed by atoms with Crippen molar-refractivity contribution in [1.82, 2.24) is 9.97 Å². The second-order valence-corrected chi connectivity index (χ2v) is 6.31. The van der Waals surface area contributed by atoms with Crippen LogP contribution in [-0.2, 0) is 0 Å². The number of hydrogen-bond donors (Lipinski definition) is 1. The molecule has 5 nitrogen and oxygen atoms in total. The van der Waals surface area contributed by atoms with Gasteiger partial charge in [-0.25, -0.2) is 4.98 Å². The molecule has 0 aliphatic rings. The van der Waals surface area contributed by atoms with E-state index in [1.807, 2.05) is 36.4 Å². The van der Waals surface area contributed by atoms with Gasteiger partial charge in [-0.2, -0.15) is 4.98 Å². The molecule has 0 amide bonds. The van der Waals surface area contributed by atoms with Crippen molar-refractivity contribution < 1.29 is 4.74 Å². The van der Waals surface area contributed by atoms with Crippen LogP contribution >= 0.6 is 0 Å². The molecular weight excluding hydrogens is 336 g/mol. The lowest BCUT2D eigenvalue weighted by atomic mass is 10.1. The minimum Gasteiger partial charge on any atom is -0.495 e. The van der Waals surface area contributed by atoms with E-state index in [9.17, 15) is 0 Å². The summed E-state index contributed by atoms with van der Waals surface area (Å²) in [6.45, 7) is 7.97. The highest BCUT2D eigenvalue weighted by atomic mass is 16.5. The Bertz CT molecular complexity index is 892. The van der Waals surface area contributed by atoms with Gasteiger partial charge in [0, 0.05) is 24.7 Å². The molecule has 0 saturated heterocycles. The monoisotopic (exact) mass is 362 g/mol. The Balaban J connectivity index is 2.06. The minimum absolute atomic E-state index is 0.718.